The van der Waals surface area contributed by atoms with E-state index in [0.717, 1.165) is 26.1 Å². The van der Waals surface area contributed by atoms with Crippen LogP contribution < -0.4 is 0 Å². The number of ether oxygens (including phenoxy) is 3. The summed E-state index contributed by atoms with van der Waals surface area (Å²) in [6.45, 7) is 8.45. The van der Waals surface area contributed by atoms with Gasteiger partial charge in [-0.25, -0.2) is 0 Å². The van der Waals surface area contributed by atoms with E-state index in [0.29, 0.717) is 0 Å². The monoisotopic (exact) mass is 363 g/mol. The molecule has 1 N–H and O–H groups in total. The molecule has 2 saturated heterocycles. The number of hydrogen-bond donors (Lipinski definition) is 1. The molecule has 0 aliphatic carbocycles. The summed E-state index contributed by atoms with van der Waals surface area (Å²) in [6.07, 6.45) is 0.436. The van der Waals surface area contributed by atoms with E-state index in [2.05, 4.69) is 29.2 Å². The van der Waals surface area contributed by atoms with Crippen molar-refractivity contribution < 1.29 is 19.3 Å². The number of aliphatic hydroxyl groups is 1. The van der Waals surface area contributed by atoms with Gasteiger partial charge in [-0.2, -0.15) is 0 Å². The second-order valence-electron chi connectivity index (χ2n) is 8.19. The van der Waals surface area contributed by atoms with Gasteiger partial charge in [-0.1, -0.05) is 30.3 Å². The first-order valence-corrected chi connectivity index (χ1v) is 9.54. The predicted octanol–water partition coefficient (Wildman–Crippen LogP) is 2.67. The van der Waals surface area contributed by atoms with E-state index in [-0.39, 0.29) is 17.9 Å². The van der Waals surface area contributed by atoms with Crippen LogP contribution in [0, 0.1) is 11.8 Å². The lowest BCUT2D eigenvalue weighted by Crippen LogP contribution is -2.67. The number of likely N-dealkylation sites (tertiary alicyclic amines) is 1. The molecule has 0 saturated carbocycles. The van der Waals surface area contributed by atoms with Crippen LogP contribution in [0.4, 0.5) is 0 Å². The summed E-state index contributed by atoms with van der Waals surface area (Å²) in [5.41, 5.74) is 0.736. The van der Waals surface area contributed by atoms with E-state index in [1.807, 2.05) is 26.8 Å². The van der Waals surface area contributed by atoms with E-state index < -0.39 is 17.5 Å². The second kappa shape index (κ2) is 7.56. The highest BCUT2D eigenvalue weighted by molar-refractivity contribution is 5.15. The summed E-state index contributed by atoms with van der Waals surface area (Å²) in [6, 6.07) is 10.5. The molecule has 1 aromatic rings. The van der Waals surface area contributed by atoms with Gasteiger partial charge < -0.3 is 19.3 Å². The minimum atomic E-state index is -0.804. The molecule has 5 heteroatoms. The number of benzene rings is 1. The standard InChI is InChI=1S/C21H33NO4/c1-15(23)18-13-22(12-16-9-7-6-8-10-16)14-19-17(18)11-20(2,24-4)21(3,25-5)26-19/h6-10,15,17-19,23H,11-14H2,1-5H3. The van der Waals surface area contributed by atoms with Gasteiger partial charge in [-0.05, 0) is 38.7 Å². The third-order valence-corrected chi connectivity index (χ3v) is 6.61. The van der Waals surface area contributed by atoms with Gasteiger partial charge in [0.1, 0.15) is 5.60 Å². The topological polar surface area (TPSA) is 51.2 Å². The summed E-state index contributed by atoms with van der Waals surface area (Å²) in [4.78, 5) is 2.39. The molecule has 0 amide bonds. The second-order valence-corrected chi connectivity index (χ2v) is 8.19. The van der Waals surface area contributed by atoms with Crippen LogP contribution in [0.5, 0.6) is 0 Å². The Labute approximate surface area is 157 Å². The summed E-state index contributed by atoms with van der Waals surface area (Å²) < 4.78 is 18.1. The van der Waals surface area contributed by atoms with Crippen molar-refractivity contribution in [1.29, 1.82) is 0 Å². The largest absolute Gasteiger partial charge is 0.393 e. The van der Waals surface area contributed by atoms with Crippen LogP contribution in [0.25, 0.3) is 0 Å². The highest BCUT2D eigenvalue weighted by Gasteiger charge is 2.58. The van der Waals surface area contributed by atoms with E-state index in [4.69, 9.17) is 14.2 Å². The fourth-order valence-electron chi connectivity index (χ4n) is 4.64. The predicted molar refractivity (Wildman–Crippen MR) is 101 cm³/mol. The lowest BCUT2D eigenvalue weighted by molar-refractivity contribution is -0.364. The van der Waals surface area contributed by atoms with Crippen molar-refractivity contribution in [1.82, 2.24) is 4.90 Å². The number of rotatable bonds is 5. The van der Waals surface area contributed by atoms with Gasteiger partial charge in [0, 0.05) is 39.8 Å². The first kappa shape index (κ1) is 19.8. The Kier molecular flexibility index (Phi) is 5.75. The van der Waals surface area contributed by atoms with Crippen molar-refractivity contribution in [2.45, 2.75) is 57.3 Å². The Morgan fingerprint density at radius 3 is 2.46 bits per heavy atom. The summed E-state index contributed by atoms with van der Waals surface area (Å²) in [5.74, 6) is -0.411. The van der Waals surface area contributed by atoms with Crippen LogP contribution in [0.3, 0.4) is 0 Å². The van der Waals surface area contributed by atoms with Crippen LogP contribution in [0.2, 0.25) is 0 Å². The average molecular weight is 363 g/mol. The Bertz CT molecular complexity index is 595. The van der Waals surface area contributed by atoms with Gasteiger partial charge >= 0.3 is 0 Å². The molecule has 26 heavy (non-hydrogen) atoms. The third-order valence-electron chi connectivity index (χ3n) is 6.61. The zero-order valence-corrected chi connectivity index (χ0v) is 16.6. The molecule has 5 nitrogen and oxygen atoms in total. The maximum absolute atomic E-state index is 10.5. The Morgan fingerprint density at radius 1 is 1.19 bits per heavy atom. The lowest BCUT2D eigenvalue weighted by Gasteiger charge is -2.57. The van der Waals surface area contributed by atoms with Gasteiger partial charge in [-0.3, -0.25) is 4.90 Å². The van der Waals surface area contributed by atoms with Crippen molar-refractivity contribution in [2.24, 2.45) is 11.8 Å². The summed E-state index contributed by atoms with van der Waals surface area (Å²) in [7, 11) is 3.39. The molecule has 0 spiro atoms. The molecular weight excluding hydrogens is 330 g/mol. The zero-order chi connectivity index (χ0) is 18.9. The minimum Gasteiger partial charge on any atom is -0.393 e. The van der Waals surface area contributed by atoms with Crippen LogP contribution in [0.15, 0.2) is 30.3 Å². The van der Waals surface area contributed by atoms with Crippen molar-refractivity contribution in [3.8, 4) is 0 Å². The highest BCUT2D eigenvalue weighted by Crippen LogP contribution is 2.47. The number of fused-ring (bicyclic) bond motifs is 1. The first-order valence-electron chi connectivity index (χ1n) is 9.54. The molecule has 2 aliphatic rings. The fourth-order valence-corrected chi connectivity index (χ4v) is 4.64. The van der Waals surface area contributed by atoms with E-state index in [1.165, 1.54) is 5.56 Å². The van der Waals surface area contributed by atoms with Crippen molar-refractivity contribution in [2.75, 3.05) is 27.3 Å². The maximum atomic E-state index is 10.5. The molecule has 6 unspecified atom stereocenters. The molecule has 0 bridgehead atoms. The molecule has 146 valence electrons. The first-order chi connectivity index (χ1) is 12.3. The van der Waals surface area contributed by atoms with Gasteiger partial charge in [0.25, 0.3) is 0 Å². The maximum Gasteiger partial charge on any atom is 0.194 e. The molecule has 1 aromatic carbocycles. The van der Waals surface area contributed by atoms with E-state index >= 15 is 0 Å². The SMILES string of the molecule is COC1(C)CC2C(CN(Cc3ccccc3)CC2C(C)O)OC1(C)OC. The molecule has 6 atom stereocenters. The molecular formula is C21H33NO4. The third kappa shape index (κ3) is 3.56. The number of methoxy groups -OCH3 is 2. The molecule has 2 fully saturated rings. The lowest BCUT2D eigenvalue weighted by atomic mass is 9.70. The quantitative estimate of drug-likeness (QED) is 0.872. The van der Waals surface area contributed by atoms with Gasteiger partial charge in [-0.15, -0.1) is 0 Å². The Hall–Kier alpha value is -0.980. The average Bonchev–Trinajstić information content (AvgIpc) is 2.63. The molecule has 0 aromatic heterocycles. The minimum absolute atomic E-state index is 0.0141. The molecule has 2 aliphatic heterocycles. The van der Waals surface area contributed by atoms with Crippen LogP contribution >= 0.6 is 0 Å². The van der Waals surface area contributed by atoms with Crippen molar-refractivity contribution in [3.05, 3.63) is 35.9 Å². The van der Waals surface area contributed by atoms with Gasteiger partial charge in [0.05, 0.1) is 12.2 Å². The van der Waals surface area contributed by atoms with E-state index in [1.54, 1.807) is 14.2 Å². The molecule has 0 radical (unpaired) electrons. The number of piperidine rings is 1. The van der Waals surface area contributed by atoms with Crippen LogP contribution in [0.1, 0.15) is 32.8 Å². The Morgan fingerprint density at radius 2 is 1.88 bits per heavy atom. The van der Waals surface area contributed by atoms with Crippen LogP contribution in [-0.2, 0) is 20.8 Å². The van der Waals surface area contributed by atoms with Crippen molar-refractivity contribution >= 4 is 0 Å². The van der Waals surface area contributed by atoms with Crippen molar-refractivity contribution in [3.63, 3.8) is 0 Å². The summed E-state index contributed by atoms with van der Waals surface area (Å²) in [5, 5.41) is 10.5. The fraction of sp³-hybridized carbons (Fsp3) is 0.714. The number of aliphatic hydroxyl groups excluding tert-OH is 1. The zero-order valence-electron chi connectivity index (χ0n) is 16.6. The van der Waals surface area contributed by atoms with E-state index in [9.17, 15) is 5.11 Å². The normalized spacial score (nSPS) is 39.4. The van der Waals surface area contributed by atoms with Crippen LogP contribution in [-0.4, -0.2) is 60.9 Å². The summed E-state index contributed by atoms with van der Waals surface area (Å²) >= 11 is 0. The van der Waals surface area contributed by atoms with Gasteiger partial charge in [0.2, 0.25) is 0 Å². The van der Waals surface area contributed by atoms with Gasteiger partial charge in [0.15, 0.2) is 5.79 Å². The smallest absolute Gasteiger partial charge is 0.194 e. The molecule has 3 rings (SSSR count). The number of nitrogens with zero attached hydrogens (tertiary/aromatic N) is 1. The molecule has 2 heterocycles. The number of hydrogen-bond acceptors (Lipinski definition) is 5. The highest BCUT2D eigenvalue weighted by atomic mass is 16.7. The Balaban J connectivity index is 1.83.